The molecule has 3 nitrogen and oxygen atoms in total. The number of hydrogen-bond acceptors (Lipinski definition) is 2. The molecule has 0 saturated carbocycles. The maximum Gasteiger partial charge on any atom is 0.243 e. The van der Waals surface area contributed by atoms with E-state index in [1.54, 1.807) is 16.4 Å². The molecule has 0 aromatic heterocycles. The first-order chi connectivity index (χ1) is 9.64. The summed E-state index contributed by atoms with van der Waals surface area (Å²) in [6, 6.07) is 7.42. The van der Waals surface area contributed by atoms with Gasteiger partial charge in [-0.15, -0.1) is 0 Å². The fourth-order valence-electron chi connectivity index (χ4n) is 2.51. The monoisotopic (exact) mass is 294 g/mol. The average Bonchev–Trinajstić information content (AvgIpc) is 2.49. The predicted octanol–water partition coefficient (Wildman–Crippen LogP) is 3.41. The third kappa shape index (κ3) is 3.83. The average molecular weight is 294 g/mol. The number of rotatable bonds is 6. The minimum absolute atomic E-state index is 0.423. The smallest absolute Gasteiger partial charge is 0.207 e. The van der Waals surface area contributed by atoms with Crippen molar-refractivity contribution in [1.82, 2.24) is 4.31 Å². The van der Waals surface area contributed by atoms with Crippen LogP contribution in [0.5, 0.6) is 0 Å². The highest BCUT2D eigenvalue weighted by atomic mass is 32.2. The highest BCUT2D eigenvalue weighted by molar-refractivity contribution is 7.89. The Balaban J connectivity index is 2.04. The van der Waals surface area contributed by atoms with Crippen molar-refractivity contribution in [2.24, 2.45) is 0 Å². The Kier molecular flexibility index (Phi) is 5.61. The molecule has 0 aliphatic carbocycles. The van der Waals surface area contributed by atoms with E-state index in [4.69, 9.17) is 0 Å². The van der Waals surface area contributed by atoms with Gasteiger partial charge in [0, 0.05) is 13.1 Å². The topological polar surface area (TPSA) is 37.4 Å². The highest BCUT2D eigenvalue weighted by Crippen LogP contribution is 2.20. The zero-order valence-electron chi connectivity index (χ0n) is 12.2. The lowest BCUT2D eigenvalue weighted by atomic mass is 10.1. The van der Waals surface area contributed by atoms with Gasteiger partial charge in [-0.25, -0.2) is 8.42 Å². The number of piperidine rings is 1. The van der Waals surface area contributed by atoms with Crippen molar-refractivity contribution in [2.75, 3.05) is 13.1 Å². The Morgan fingerprint density at radius 2 is 1.90 bits per heavy atom. The Labute approximate surface area is 123 Å². The summed E-state index contributed by atoms with van der Waals surface area (Å²) in [5.41, 5.74) is 1.22. The molecule has 0 N–H and O–H groups in total. The molecule has 0 bridgehead atoms. The molecule has 1 saturated heterocycles. The Morgan fingerprint density at radius 1 is 1.15 bits per heavy atom. The number of unbranched alkanes of at least 4 members (excludes halogenated alkanes) is 2. The molecule has 20 heavy (non-hydrogen) atoms. The number of nitrogens with zero attached hydrogens (tertiary/aromatic N) is 1. The van der Waals surface area contributed by atoms with E-state index in [1.807, 2.05) is 18.6 Å². The van der Waals surface area contributed by atoms with Crippen molar-refractivity contribution in [2.45, 2.75) is 50.3 Å². The summed E-state index contributed by atoms with van der Waals surface area (Å²) in [4.78, 5) is 0.423. The number of sulfonamides is 1. The number of benzene rings is 1. The quantitative estimate of drug-likeness (QED) is 0.754. The van der Waals surface area contributed by atoms with Crippen LogP contribution >= 0.6 is 0 Å². The summed E-state index contributed by atoms with van der Waals surface area (Å²) < 4.78 is 26.5. The molecule has 1 aliphatic heterocycles. The van der Waals surface area contributed by atoms with Gasteiger partial charge in [0.2, 0.25) is 10.0 Å². The molecule has 0 amide bonds. The van der Waals surface area contributed by atoms with Gasteiger partial charge in [0.25, 0.3) is 0 Å². The lowest BCUT2D eigenvalue weighted by molar-refractivity contribution is 0.391. The lowest BCUT2D eigenvalue weighted by Gasteiger charge is -2.25. The summed E-state index contributed by atoms with van der Waals surface area (Å²) in [6.45, 7) is 3.36. The van der Waals surface area contributed by atoms with Gasteiger partial charge in [0.15, 0.2) is 0 Å². The van der Waals surface area contributed by atoms with E-state index in [2.05, 4.69) is 6.92 Å². The van der Waals surface area contributed by atoms with Gasteiger partial charge in [0.1, 0.15) is 0 Å². The maximum atomic E-state index is 12.5. The fourth-order valence-corrected chi connectivity index (χ4v) is 3.96. The minimum atomic E-state index is -3.30. The van der Waals surface area contributed by atoms with Crippen LogP contribution in [-0.4, -0.2) is 25.8 Å². The van der Waals surface area contributed by atoms with Gasteiger partial charge in [-0.05, 0) is 49.8 Å². The number of aryl methyl sites for hydroxylation is 1. The van der Waals surface area contributed by atoms with Gasteiger partial charge >= 0.3 is 0 Å². The van der Waals surface area contributed by atoms with Gasteiger partial charge in [-0.1, -0.05) is 31.9 Å². The minimum Gasteiger partial charge on any atom is -0.207 e. The van der Waals surface area contributed by atoms with Crippen LogP contribution in [-0.2, 0) is 16.4 Å². The second-order valence-electron chi connectivity index (χ2n) is 5.40. The molecule has 1 fully saturated rings. The van der Waals surface area contributed by atoms with Crippen molar-refractivity contribution >= 4 is 10.0 Å². The van der Waals surface area contributed by atoms with E-state index < -0.39 is 10.0 Å². The van der Waals surface area contributed by atoms with E-state index >= 15 is 0 Å². The Bertz CT molecular complexity index is 502. The lowest BCUT2D eigenvalue weighted by Crippen LogP contribution is -2.35. The molecular weight excluding hydrogens is 270 g/mol. The molecule has 0 unspecified atom stereocenters. The van der Waals surface area contributed by atoms with Crippen LogP contribution in [0.1, 0.15) is 44.6 Å². The Morgan fingerprint density at radius 3 is 2.50 bits per heavy atom. The molecule has 0 atom stereocenters. The van der Waals surface area contributed by atoms with Gasteiger partial charge in [-0.2, -0.15) is 4.31 Å². The molecule has 111 valence electrons. The van der Waals surface area contributed by atoms with Crippen LogP contribution in [0, 0.1) is 6.42 Å². The van der Waals surface area contributed by atoms with Crippen LogP contribution < -0.4 is 0 Å². The van der Waals surface area contributed by atoms with Crippen LogP contribution in [0.4, 0.5) is 0 Å². The van der Waals surface area contributed by atoms with Crippen molar-refractivity contribution in [3.8, 4) is 0 Å². The molecular formula is C16H24NO2S. The van der Waals surface area contributed by atoms with Crippen molar-refractivity contribution < 1.29 is 8.42 Å². The number of hydrogen-bond donors (Lipinski definition) is 0. The maximum absolute atomic E-state index is 12.5. The molecule has 1 radical (unpaired) electrons. The zero-order valence-corrected chi connectivity index (χ0v) is 13.0. The van der Waals surface area contributed by atoms with E-state index in [-0.39, 0.29) is 0 Å². The van der Waals surface area contributed by atoms with Gasteiger partial charge in [-0.3, -0.25) is 0 Å². The third-order valence-corrected chi connectivity index (χ3v) is 5.66. The standard InChI is InChI=1S/C16H24NO2S/c1-2-3-5-8-15-9-11-16(12-10-15)20(18,19)17-13-6-4-7-14-17/h6,9-12H,2-5,7-8,13-14H2,1H3. The summed E-state index contributed by atoms with van der Waals surface area (Å²) in [6.07, 6.45) is 8.62. The highest BCUT2D eigenvalue weighted by Gasteiger charge is 2.25. The van der Waals surface area contributed by atoms with Crippen LogP contribution in [0.25, 0.3) is 0 Å². The molecule has 1 heterocycles. The first-order valence-corrected chi connectivity index (χ1v) is 8.99. The predicted molar refractivity (Wildman–Crippen MR) is 82.0 cm³/mol. The molecule has 4 heteroatoms. The third-order valence-electron chi connectivity index (χ3n) is 3.78. The first-order valence-electron chi connectivity index (χ1n) is 7.55. The second kappa shape index (κ2) is 7.23. The molecule has 1 aliphatic rings. The Hall–Kier alpha value is -0.870. The zero-order chi connectivity index (χ0) is 14.4. The van der Waals surface area contributed by atoms with Crippen LogP contribution in [0.15, 0.2) is 29.2 Å². The molecule has 0 spiro atoms. The normalized spacial score (nSPS) is 17.2. The van der Waals surface area contributed by atoms with E-state index in [9.17, 15) is 8.42 Å². The van der Waals surface area contributed by atoms with E-state index in [1.165, 1.54) is 24.8 Å². The van der Waals surface area contributed by atoms with E-state index in [0.717, 1.165) is 19.3 Å². The molecule has 2 rings (SSSR count). The van der Waals surface area contributed by atoms with Crippen LogP contribution in [0.2, 0.25) is 0 Å². The summed E-state index contributed by atoms with van der Waals surface area (Å²) >= 11 is 0. The molecule has 1 aromatic rings. The van der Waals surface area contributed by atoms with Gasteiger partial charge in [0.05, 0.1) is 4.90 Å². The van der Waals surface area contributed by atoms with Crippen molar-refractivity contribution in [3.05, 3.63) is 36.2 Å². The second-order valence-corrected chi connectivity index (χ2v) is 7.33. The first kappa shape index (κ1) is 15.5. The summed E-state index contributed by atoms with van der Waals surface area (Å²) in [5, 5.41) is 0. The summed E-state index contributed by atoms with van der Waals surface area (Å²) in [5.74, 6) is 0. The van der Waals surface area contributed by atoms with Crippen LogP contribution in [0.3, 0.4) is 0 Å². The SMILES string of the molecule is CCCCCc1ccc(S(=O)(=O)N2C[CH]CCC2)cc1. The van der Waals surface area contributed by atoms with Gasteiger partial charge < -0.3 is 0 Å². The largest absolute Gasteiger partial charge is 0.243 e. The molecule has 1 aromatic carbocycles. The summed E-state index contributed by atoms with van der Waals surface area (Å²) in [7, 11) is -3.30. The van der Waals surface area contributed by atoms with Crippen molar-refractivity contribution in [1.29, 1.82) is 0 Å². The fraction of sp³-hybridized carbons (Fsp3) is 0.562. The van der Waals surface area contributed by atoms with Crippen molar-refractivity contribution in [3.63, 3.8) is 0 Å². The van der Waals surface area contributed by atoms with E-state index in [0.29, 0.717) is 18.0 Å².